The van der Waals surface area contributed by atoms with Crippen molar-refractivity contribution in [2.75, 3.05) is 18.5 Å². The van der Waals surface area contributed by atoms with E-state index in [1.807, 2.05) is 50.2 Å². The summed E-state index contributed by atoms with van der Waals surface area (Å²) in [7, 11) is 0. The molecule has 0 radical (unpaired) electrons. The molecule has 2 rings (SSSR count). The number of carboxylic acid groups (broad SMARTS) is 1. The van der Waals surface area contributed by atoms with Crippen LogP contribution in [0.25, 0.3) is 0 Å². The van der Waals surface area contributed by atoms with Crippen LogP contribution in [-0.4, -0.2) is 24.2 Å². The molecule has 122 valence electrons. The van der Waals surface area contributed by atoms with Gasteiger partial charge in [-0.25, -0.2) is 4.79 Å². The Balaban J connectivity index is 1.71. The normalized spacial score (nSPS) is 10.3. The number of anilines is 1. The van der Waals surface area contributed by atoms with E-state index in [1.165, 1.54) is 5.56 Å². The standard InChI is InChI=1S/C19H23NO3/c1-14-5-8-16(9-6-14)23-12-4-3-11-20-18-10-7-15(2)13-17(18)19(21)22/h5-10,13,20H,3-4,11-12H2,1-2H3,(H,21,22). The largest absolute Gasteiger partial charge is 0.494 e. The molecule has 0 fully saturated rings. The van der Waals surface area contributed by atoms with Crippen LogP contribution in [0.2, 0.25) is 0 Å². The van der Waals surface area contributed by atoms with Crippen LogP contribution in [0.3, 0.4) is 0 Å². The molecule has 0 saturated carbocycles. The fourth-order valence-corrected chi connectivity index (χ4v) is 2.26. The second-order valence-corrected chi connectivity index (χ2v) is 5.65. The lowest BCUT2D eigenvalue weighted by atomic mass is 10.1. The van der Waals surface area contributed by atoms with Gasteiger partial charge in [-0.2, -0.15) is 0 Å². The van der Waals surface area contributed by atoms with Gasteiger partial charge in [0, 0.05) is 12.2 Å². The van der Waals surface area contributed by atoms with Crippen LogP contribution in [0.5, 0.6) is 5.75 Å². The predicted molar refractivity (Wildman–Crippen MR) is 92.5 cm³/mol. The fourth-order valence-electron chi connectivity index (χ4n) is 2.26. The summed E-state index contributed by atoms with van der Waals surface area (Å²) in [5.41, 5.74) is 3.15. The summed E-state index contributed by atoms with van der Waals surface area (Å²) in [5, 5.41) is 12.4. The fraction of sp³-hybridized carbons (Fsp3) is 0.316. The minimum Gasteiger partial charge on any atom is -0.494 e. The third kappa shape index (κ3) is 5.33. The first-order valence-corrected chi connectivity index (χ1v) is 7.83. The molecule has 0 aliphatic carbocycles. The van der Waals surface area contributed by atoms with Crippen molar-refractivity contribution in [2.45, 2.75) is 26.7 Å². The van der Waals surface area contributed by atoms with Gasteiger partial charge in [-0.1, -0.05) is 29.3 Å². The van der Waals surface area contributed by atoms with Gasteiger partial charge in [0.05, 0.1) is 12.2 Å². The number of unbranched alkanes of at least 4 members (excludes halogenated alkanes) is 1. The summed E-state index contributed by atoms with van der Waals surface area (Å²) in [6.45, 7) is 5.32. The van der Waals surface area contributed by atoms with Crippen LogP contribution < -0.4 is 10.1 Å². The third-order valence-corrected chi connectivity index (χ3v) is 3.58. The van der Waals surface area contributed by atoms with Gasteiger partial charge >= 0.3 is 5.97 Å². The van der Waals surface area contributed by atoms with Crippen molar-refractivity contribution in [2.24, 2.45) is 0 Å². The first-order chi connectivity index (χ1) is 11.1. The molecule has 0 heterocycles. The summed E-state index contributed by atoms with van der Waals surface area (Å²) in [5.74, 6) is -0.0193. The molecule has 0 aromatic heterocycles. The summed E-state index contributed by atoms with van der Waals surface area (Å²) in [4.78, 5) is 11.2. The Hall–Kier alpha value is -2.49. The minimum atomic E-state index is -0.904. The van der Waals surface area contributed by atoms with Gasteiger partial charge in [-0.3, -0.25) is 0 Å². The van der Waals surface area contributed by atoms with Crippen LogP contribution in [0.4, 0.5) is 5.69 Å². The van der Waals surface area contributed by atoms with Crippen molar-refractivity contribution in [3.05, 3.63) is 59.2 Å². The molecule has 23 heavy (non-hydrogen) atoms. The van der Waals surface area contributed by atoms with Gasteiger partial charge in [0.25, 0.3) is 0 Å². The molecule has 0 aliphatic heterocycles. The lowest BCUT2D eigenvalue weighted by Crippen LogP contribution is -2.09. The van der Waals surface area contributed by atoms with Gasteiger partial charge in [-0.05, 0) is 51.0 Å². The zero-order valence-electron chi connectivity index (χ0n) is 13.6. The highest BCUT2D eigenvalue weighted by atomic mass is 16.5. The molecule has 4 nitrogen and oxygen atoms in total. The molecule has 0 saturated heterocycles. The van der Waals surface area contributed by atoms with E-state index in [0.29, 0.717) is 17.9 Å². The Bertz CT molecular complexity index is 650. The van der Waals surface area contributed by atoms with Crippen molar-refractivity contribution in [3.63, 3.8) is 0 Å². The highest BCUT2D eigenvalue weighted by Gasteiger charge is 2.09. The molecular weight excluding hydrogens is 290 g/mol. The second-order valence-electron chi connectivity index (χ2n) is 5.65. The molecule has 2 N–H and O–H groups in total. The first kappa shape index (κ1) is 16.9. The van der Waals surface area contributed by atoms with Crippen LogP contribution in [0.15, 0.2) is 42.5 Å². The highest BCUT2D eigenvalue weighted by Crippen LogP contribution is 2.17. The number of hydrogen-bond acceptors (Lipinski definition) is 3. The van der Waals surface area contributed by atoms with E-state index >= 15 is 0 Å². The maximum atomic E-state index is 11.2. The smallest absolute Gasteiger partial charge is 0.337 e. The average molecular weight is 313 g/mol. The van der Waals surface area contributed by atoms with Gasteiger partial charge < -0.3 is 15.2 Å². The number of hydrogen-bond donors (Lipinski definition) is 2. The Labute approximate surface area is 137 Å². The maximum absolute atomic E-state index is 11.2. The Kier molecular flexibility index (Phi) is 6.03. The van der Waals surface area contributed by atoms with Crippen molar-refractivity contribution >= 4 is 11.7 Å². The van der Waals surface area contributed by atoms with Crippen molar-refractivity contribution in [1.29, 1.82) is 0 Å². The number of benzene rings is 2. The molecule has 0 amide bonds. The van der Waals surface area contributed by atoms with Crippen molar-refractivity contribution in [3.8, 4) is 5.75 Å². The summed E-state index contributed by atoms with van der Waals surface area (Å²) in [6, 6.07) is 13.4. The van der Waals surface area contributed by atoms with Crippen molar-refractivity contribution in [1.82, 2.24) is 0 Å². The molecule has 0 aliphatic rings. The minimum absolute atomic E-state index is 0.320. The third-order valence-electron chi connectivity index (χ3n) is 3.58. The molecule has 0 spiro atoms. The Morgan fingerprint density at radius 1 is 1.04 bits per heavy atom. The van der Waals surface area contributed by atoms with Crippen LogP contribution >= 0.6 is 0 Å². The van der Waals surface area contributed by atoms with Gasteiger partial charge in [0.15, 0.2) is 0 Å². The molecule has 0 unspecified atom stereocenters. The maximum Gasteiger partial charge on any atom is 0.337 e. The van der Waals surface area contributed by atoms with E-state index in [9.17, 15) is 9.90 Å². The van der Waals surface area contributed by atoms with Crippen molar-refractivity contribution < 1.29 is 14.6 Å². The number of aryl methyl sites for hydroxylation is 2. The van der Waals surface area contributed by atoms with Gasteiger partial charge in [-0.15, -0.1) is 0 Å². The lowest BCUT2D eigenvalue weighted by molar-refractivity contribution is 0.0698. The van der Waals surface area contributed by atoms with E-state index in [2.05, 4.69) is 5.32 Å². The number of ether oxygens (including phenoxy) is 1. The molecule has 2 aromatic rings. The molecular formula is C19H23NO3. The average Bonchev–Trinajstić information content (AvgIpc) is 2.53. The number of aromatic carboxylic acids is 1. The zero-order valence-corrected chi connectivity index (χ0v) is 13.6. The molecule has 0 atom stereocenters. The van der Waals surface area contributed by atoms with Gasteiger partial charge in [0.1, 0.15) is 5.75 Å². The van der Waals surface area contributed by atoms with Crippen LogP contribution in [0, 0.1) is 13.8 Å². The number of rotatable bonds is 8. The van der Waals surface area contributed by atoms with E-state index in [4.69, 9.17) is 4.74 Å². The first-order valence-electron chi connectivity index (χ1n) is 7.83. The lowest BCUT2D eigenvalue weighted by Gasteiger charge is -2.11. The Morgan fingerprint density at radius 3 is 2.43 bits per heavy atom. The summed E-state index contributed by atoms with van der Waals surface area (Å²) < 4.78 is 5.67. The molecule has 0 bridgehead atoms. The van der Waals surface area contributed by atoms with E-state index < -0.39 is 5.97 Å². The zero-order chi connectivity index (χ0) is 16.7. The molecule has 2 aromatic carbocycles. The topological polar surface area (TPSA) is 58.6 Å². The van der Waals surface area contributed by atoms with E-state index in [-0.39, 0.29) is 0 Å². The predicted octanol–water partition coefficient (Wildman–Crippen LogP) is 4.27. The van der Waals surface area contributed by atoms with E-state index in [0.717, 1.165) is 30.7 Å². The quantitative estimate of drug-likeness (QED) is 0.714. The van der Waals surface area contributed by atoms with E-state index in [1.54, 1.807) is 6.07 Å². The second kappa shape index (κ2) is 8.22. The Morgan fingerprint density at radius 2 is 1.74 bits per heavy atom. The summed E-state index contributed by atoms with van der Waals surface area (Å²) >= 11 is 0. The van der Waals surface area contributed by atoms with Gasteiger partial charge in [0.2, 0.25) is 0 Å². The number of nitrogens with one attached hydrogen (secondary N) is 1. The number of carboxylic acids is 1. The molecule has 4 heteroatoms. The van der Waals surface area contributed by atoms with Crippen LogP contribution in [0.1, 0.15) is 34.3 Å². The monoisotopic (exact) mass is 313 g/mol. The number of carbonyl (C=O) groups is 1. The van der Waals surface area contributed by atoms with Crippen LogP contribution in [-0.2, 0) is 0 Å². The summed E-state index contributed by atoms with van der Waals surface area (Å²) in [6.07, 6.45) is 1.83. The highest BCUT2D eigenvalue weighted by molar-refractivity contribution is 5.94. The SMILES string of the molecule is Cc1ccc(OCCCCNc2ccc(C)cc2C(=O)O)cc1.